The smallest absolute Gasteiger partial charge is 0.410 e. The molecule has 27 heavy (non-hydrogen) atoms. The number of rotatable bonds is 0. The monoisotopic (exact) mass is 384 g/mol. The van der Waals surface area contributed by atoms with Gasteiger partial charge in [-0.15, -0.1) is 5.54 Å². The molecule has 6 heteroatoms. The largest absolute Gasteiger partial charge is 0.444 e. The Morgan fingerprint density at radius 3 is 2.63 bits per heavy atom. The van der Waals surface area contributed by atoms with E-state index in [1.807, 2.05) is 39.0 Å². The Balaban J connectivity index is 1.89. The van der Waals surface area contributed by atoms with E-state index in [0.29, 0.717) is 19.5 Å². The van der Waals surface area contributed by atoms with E-state index in [9.17, 15) is 9.59 Å². The molecule has 2 aliphatic heterocycles. The first kappa shape index (κ1) is 19.5. The van der Waals surface area contributed by atoms with Gasteiger partial charge in [-0.3, -0.25) is 4.79 Å². The summed E-state index contributed by atoms with van der Waals surface area (Å²) in [6, 6.07) is 5.89. The van der Waals surface area contributed by atoms with Gasteiger partial charge in [-0.05, 0) is 51.0 Å². The summed E-state index contributed by atoms with van der Waals surface area (Å²) in [4.78, 5) is 26.9. The van der Waals surface area contributed by atoms with Gasteiger partial charge in [0.15, 0.2) is 0 Å². The Hall–Kier alpha value is -2.26. The number of carbonyl (C=O) groups excluding carboxylic acids is 2. The fourth-order valence-electron chi connectivity index (χ4n) is 3.45. The first-order valence-corrected chi connectivity index (χ1v) is 12.9. The van der Waals surface area contributed by atoms with Gasteiger partial charge < -0.3 is 15.0 Å². The van der Waals surface area contributed by atoms with Crippen molar-refractivity contribution in [3.63, 3.8) is 0 Å². The molecule has 1 unspecified atom stereocenters. The van der Waals surface area contributed by atoms with Crippen molar-refractivity contribution in [2.24, 2.45) is 0 Å². The predicted octanol–water partition coefficient (Wildman–Crippen LogP) is 3.75. The zero-order valence-electron chi connectivity index (χ0n) is 17.0. The summed E-state index contributed by atoms with van der Waals surface area (Å²) in [6.45, 7) is 13.0. The molecule has 144 valence electrons. The summed E-state index contributed by atoms with van der Waals surface area (Å²) in [5.41, 5.74) is 4.80. The first-order valence-electron chi connectivity index (χ1n) is 9.37. The third-order valence-corrected chi connectivity index (χ3v) is 5.60. The van der Waals surface area contributed by atoms with Crippen LogP contribution in [0.15, 0.2) is 18.2 Å². The summed E-state index contributed by atoms with van der Waals surface area (Å²) in [6.07, 6.45) is 0.228. The summed E-state index contributed by atoms with van der Waals surface area (Å²) >= 11 is 0. The summed E-state index contributed by atoms with van der Waals surface area (Å²) in [5, 5.41) is 2.98. The fourth-order valence-corrected chi connectivity index (χ4v) is 3.97. The maximum atomic E-state index is 12.8. The molecule has 0 aliphatic carbocycles. The minimum absolute atomic E-state index is 0.0427. The van der Waals surface area contributed by atoms with Gasteiger partial charge in [0.2, 0.25) is 5.91 Å². The molecule has 5 nitrogen and oxygen atoms in total. The van der Waals surface area contributed by atoms with Crippen LogP contribution in [0.3, 0.4) is 0 Å². The van der Waals surface area contributed by atoms with Crippen LogP contribution in [0.25, 0.3) is 0 Å². The average Bonchev–Trinajstić information content (AvgIpc) is 3.08. The molecule has 1 aromatic rings. The molecule has 2 heterocycles. The number of carbonyl (C=O) groups is 2. The van der Waals surface area contributed by atoms with Gasteiger partial charge in [0.05, 0.1) is 5.41 Å². The lowest BCUT2D eigenvalue weighted by atomic mass is 9.80. The second kappa shape index (κ2) is 6.41. The third kappa shape index (κ3) is 4.03. The predicted molar refractivity (Wildman–Crippen MR) is 109 cm³/mol. The first-order chi connectivity index (χ1) is 12.4. The van der Waals surface area contributed by atoms with Gasteiger partial charge in [0.1, 0.15) is 13.7 Å². The minimum atomic E-state index is -1.48. The number of amides is 2. The fraction of sp³-hybridized carbons (Fsp3) is 0.524. The standard InChI is InChI=1S/C21H28N2O3Si/c1-20(2,3)26-19(25)23-11-10-21(14-23)16-13-15(9-12-27(4,5)6)7-8-17(16)22-18(21)24/h7-8,13H,10-11,14H2,1-6H3,(H,22,24). The summed E-state index contributed by atoms with van der Waals surface area (Å²) in [7, 11) is -1.48. The van der Waals surface area contributed by atoms with E-state index in [1.165, 1.54) is 0 Å². The molecule has 1 saturated heterocycles. The SMILES string of the molecule is CC(C)(C)OC(=O)N1CCC2(C1)C(=O)Nc1ccc(C#C[Si](C)(C)C)cc12. The molecule has 0 saturated carbocycles. The molecule has 2 amide bonds. The molecule has 1 spiro atoms. The molecule has 2 aliphatic rings. The van der Waals surface area contributed by atoms with E-state index in [4.69, 9.17) is 4.74 Å². The summed E-state index contributed by atoms with van der Waals surface area (Å²) in [5.74, 6) is 3.23. The van der Waals surface area contributed by atoms with Crippen LogP contribution in [-0.4, -0.2) is 43.7 Å². The molecule has 1 N–H and O–H groups in total. The number of likely N-dealkylation sites (tertiary alicyclic amines) is 1. The highest BCUT2D eigenvalue weighted by molar-refractivity contribution is 6.83. The second-order valence-corrected chi connectivity index (χ2v) is 14.2. The van der Waals surface area contributed by atoms with Crippen LogP contribution < -0.4 is 5.32 Å². The minimum Gasteiger partial charge on any atom is -0.444 e. The van der Waals surface area contributed by atoms with E-state index in [1.54, 1.807) is 4.90 Å². The van der Waals surface area contributed by atoms with E-state index in [2.05, 4.69) is 36.4 Å². The van der Waals surface area contributed by atoms with Crippen molar-refractivity contribution in [3.05, 3.63) is 29.3 Å². The Labute approximate surface area is 162 Å². The number of ether oxygens (including phenoxy) is 1. The highest BCUT2D eigenvalue weighted by atomic mass is 28.3. The average molecular weight is 385 g/mol. The molecule has 1 fully saturated rings. The lowest BCUT2D eigenvalue weighted by Crippen LogP contribution is -2.41. The van der Waals surface area contributed by atoms with Gasteiger partial charge in [-0.1, -0.05) is 25.6 Å². The number of nitrogens with zero attached hydrogens (tertiary/aromatic N) is 1. The highest BCUT2D eigenvalue weighted by Crippen LogP contribution is 2.44. The van der Waals surface area contributed by atoms with Crippen LogP contribution in [0, 0.1) is 11.5 Å². The van der Waals surface area contributed by atoms with Crippen LogP contribution >= 0.6 is 0 Å². The lowest BCUT2D eigenvalue weighted by molar-refractivity contribution is -0.120. The van der Waals surface area contributed by atoms with Crippen molar-refractivity contribution < 1.29 is 14.3 Å². The molecule has 1 aromatic carbocycles. The van der Waals surface area contributed by atoms with Crippen molar-refractivity contribution in [2.45, 2.75) is 57.8 Å². The number of fused-ring (bicyclic) bond motifs is 2. The highest BCUT2D eigenvalue weighted by Gasteiger charge is 2.52. The summed E-state index contributed by atoms with van der Waals surface area (Å²) < 4.78 is 5.48. The normalized spacial score (nSPS) is 21.6. The molecule has 0 aromatic heterocycles. The maximum absolute atomic E-state index is 12.8. The van der Waals surface area contributed by atoms with E-state index >= 15 is 0 Å². The van der Waals surface area contributed by atoms with E-state index < -0.39 is 19.1 Å². The van der Waals surface area contributed by atoms with Crippen LogP contribution in [0.1, 0.15) is 38.3 Å². The Kier molecular flexibility index (Phi) is 4.63. The van der Waals surface area contributed by atoms with Gasteiger partial charge >= 0.3 is 6.09 Å². The Bertz CT molecular complexity index is 855. The maximum Gasteiger partial charge on any atom is 0.410 e. The molecule has 3 rings (SSSR count). The third-order valence-electron chi connectivity index (χ3n) is 4.72. The molecular formula is C21H28N2O3Si. The van der Waals surface area contributed by atoms with Gasteiger partial charge in [-0.2, -0.15) is 0 Å². The van der Waals surface area contributed by atoms with Crippen LogP contribution in [-0.2, 0) is 14.9 Å². The van der Waals surface area contributed by atoms with Gasteiger partial charge in [0.25, 0.3) is 0 Å². The molecule has 0 radical (unpaired) electrons. The van der Waals surface area contributed by atoms with Crippen molar-refractivity contribution >= 4 is 25.8 Å². The number of anilines is 1. The van der Waals surface area contributed by atoms with E-state index in [0.717, 1.165) is 16.8 Å². The number of nitrogens with one attached hydrogen (secondary N) is 1. The molecular weight excluding hydrogens is 356 g/mol. The second-order valence-electron chi connectivity index (χ2n) is 9.45. The van der Waals surface area contributed by atoms with E-state index in [-0.39, 0.29) is 12.0 Å². The van der Waals surface area contributed by atoms with Crippen molar-refractivity contribution in [1.82, 2.24) is 4.90 Å². The quantitative estimate of drug-likeness (QED) is 0.547. The van der Waals surface area contributed by atoms with Gasteiger partial charge in [-0.25, -0.2) is 4.79 Å². The molecule has 1 atom stereocenters. The number of hydrogen-bond acceptors (Lipinski definition) is 3. The number of hydrogen-bond donors (Lipinski definition) is 1. The van der Waals surface area contributed by atoms with Crippen LogP contribution in [0.4, 0.5) is 10.5 Å². The van der Waals surface area contributed by atoms with Crippen LogP contribution in [0.5, 0.6) is 0 Å². The lowest BCUT2D eigenvalue weighted by Gasteiger charge is -2.26. The Morgan fingerprint density at radius 2 is 2.00 bits per heavy atom. The topological polar surface area (TPSA) is 58.6 Å². The van der Waals surface area contributed by atoms with Crippen molar-refractivity contribution in [1.29, 1.82) is 0 Å². The van der Waals surface area contributed by atoms with Crippen LogP contribution in [0.2, 0.25) is 19.6 Å². The van der Waals surface area contributed by atoms with Crippen molar-refractivity contribution in [3.8, 4) is 11.5 Å². The Morgan fingerprint density at radius 1 is 1.30 bits per heavy atom. The zero-order valence-corrected chi connectivity index (χ0v) is 18.0. The number of benzene rings is 1. The van der Waals surface area contributed by atoms with Gasteiger partial charge in [0, 0.05) is 24.3 Å². The van der Waals surface area contributed by atoms with Crippen molar-refractivity contribution in [2.75, 3.05) is 18.4 Å². The molecule has 0 bridgehead atoms. The zero-order chi connectivity index (χ0) is 20.0.